The summed E-state index contributed by atoms with van der Waals surface area (Å²) in [5, 5.41) is 5.34. The van der Waals surface area contributed by atoms with Crippen molar-refractivity contribution in [1.29, 1.82) is 0 Å². The van der Waals surface area contributed by atoms with Crippen molar-refractivity contribution < 1.29 is 24.4 Å². The minimum atomic E-state index is -0.175. The number of fused-ring (bicyclic) bond motifs is 2. The van der Waals surface area contributed by atoms with Gasteiger partial charge in [-0.3, -0.25) is 14.5 Å². The van der Waals surface area contributed by atoms with Crippen LogP contribution in [0.15, 0.2) is 0 Å². The molecule has 3 N–H and O–H groups in total. The van der Waals surface area contributed by atoms with Crippen LogP contribution in [0, 0.1) is 35.5 Å². The molecule has 0 aromatic carbocycles. The molecule has 9 atom stereocenters. The molecule has 4 fully saturated rings. The summed E-state index contributed by atoms with van der Waals surface area (Å²) >= 11 is 0. The molecule has 0 aromatic heterocycles. The third-order valence-electron chi connectivity index (χ3n) is 8.77. The molecule has 1 amide bonds. The van der Waals surface area contributed by atoms with Crippen molar-refractivity contribution in [3.63, 3.8) is 0 Å². The highest BCUT2D eigenvalue weighted by Gasteiger charge is 2.56. The van der Waals surface area contributed by atoms with Crippen LogP contribution in [0.25, 0.3) is 0 Å². The maximum atomic E-state index is 12.8. The first kappa shape index (κ1) is 23.0. The van der Waals surface area contributed by atoms with Crippen molar-refractivity contribution in [1.82, 2.24) is 10.2 Å². The molecule has 0 spiro atoms. The molecule has 4 rings (SSSR count). The van der Waals surface area contributed by atoms with Gasteiger partial charge in [-0.2, -0.15) is 0 Å². The second kappa shape index (κ2) is 9.75. The van der Waals surface area contributed by atoms with Crippen LogP contribution in [-0.4, -0.2) is 67.9 Å². The van der Waals surface area contributed by atoms with Gasteiger partial charge in [0.15, 0.2) is 0 Å². The van der Waals surface area contributed by atoms with E-state index in [1.54, 1.807) is 0 Å². The predicted molar refractivity (Wildman–Crippen MR) is 117 cm³/mol. The van der Waals surface area contributed by atoms with Crippen LogP contribution in [0.2, 0.25) is 0 Å². The third kappa shape index (κ3) is 4.79. The summed E-state index contributed by atoms with van der Waals surface area (Å²) in [6, 6.07) is 0. The summed E-state index contributed by atoms with van der Waals surface area (Å²) in [6.45, 7) is 14.0. The third-order valence-corrected chi connectivity index (χ3v) is 8.77. The van der Waals surface area contributed by atoms with Crippen LogP contribution >= 0.6 is 0 Å². The lowest BCUT2D eigenvalue weighted by Gasteiger charge is -2.49. The normalized spacial score (nSPS) is 42.7. The van der Waals surface area contributed by atoms with Gasteiger partial charge in [0.1, 0.15) is 12.8 Å². The van der Waals surface area contributed by atoms with Crippen LogP contribution in [0.4, 0.5) is 0 Å². The highest BCUT2D eigenvalue weighted by molar-refractivity contribution is 5.78. The summed E-state index contributed by atoms with van der Waals surface area (Å²) in [5.74, 6) is 1.71. The first-order chi connectivity index (χ1) is 14.9. The lowest BCUT2D eigenvalue weighted by atomic mass is 9.61. The SMILES string of the molecule is CC1OC2C(C)C3OC(=O)C(CCC(=O)NCCCN4CC[NH2+]C4)C(C)C3CC2C1C. The number of quaternary nitrogens is 1. The zero-order valence-corrected chi connectivity index (χ0v) is 19.7. The van der Waals surface area contributed by atoms with Gasteiger partial charge in [-0.25, -0.2) is 0 Å². The largest absolute Gasteiger partial charge is 0.461 e. The summed E-state index contributed by atoms with van der Waals surface area (Å²) in [6.07, 6.45) is 3.45. The van der Waals surface area contributed by atoms with Gasteiger partial charge in [-0.1, -0.05) is 20.8 Å². The lowest BCUT2D eigenvalue weighted by Crippen LogP contribution is -2.82. The Balaban J connectivity index is 1.26. The van der Waals surface area contributed by atoms with Crippen molar-refractivity contribution in [2.24, 2.45) is 35.5 Å². The van der Waals surface area contributed by atoms with E-state index in [-0.39, 0.29) is 47.9 Å². The Kier molecular flexibility index (Phi) is 7.24. The van der Waals surface area contributed by atoms with E-state index in [1.165, 1.54) is 6.54 Å². The average molecular weight is 437 g/mol. The minimum absolute atomic E-state index is 0.0471. The fraction of sp³-hybridized carbons (Fsp3) is 0.917. The molecule has 176 valence electrons. The molecular weight excluding hydrogens is 394 g/mol. The number of carbonyl (C=O) groups is 2. The molecule has 0 aromatic rings. The molecule has 1 saturated carbocycles. The van der Waals surface area contributed by atoms with Gasteiger partial charge in [0.05, 0.1) is 31.2 Å². The fourth-order valence-corrected chi connectivity index (χ4v) is 6.58. The smallest absolute Gasteiger partial charge is 0.309 e. The predicted octanol–water partition coefficient (Wildman–Crippen LogP) is 0.983. The van der Waals surface area contributed by atoms with Crippen LogP contribution < -0.4 is 10.6 Å². The number of amides is 1. The maximum absolute atomic E-state index is 12.8. The monoisotopic (exact) mass is 436 g/mol. The first-order valence-electron chi connectivity index (χ1n) is 12.5. The van der Waals surface area contributed by atoms with E-state index in [4.69, 9.17) is 9.47 Å². The number of hydrogen-bond donors (Lipinski definition) is 2. The summed E-state index contributed by atoms with van der Waals surface area (Å²) in [7, 11) is 0. The molecule has 0 bridgehead atoms. The Labute approximate surface area is 187 Å². The van der Waals surface area contributed by atoms with E-state index in [0.29, 0.717) is 37.1 Å². The van der Waals surface area contributed by atoms with Crippen LogP contribution in [0.3, 0.4) is 0 Å². The van der Waals surface area contributed by atoms with E-state index in [0.717, 1.165) is 32.6 Å². The van der Waals surface area contributed by atoms with Gasteiger partial charge in [0.25, 0.3) is 0 Å². The van der Waals surface area contributed by atoms with Gasteiger partial charge >= 0.3 is 5.97 Å². The fourth-order valence-electron chi connectivity index (χ4n) is 6.58. The number of nitrogens with zero attached hydrogens (tertiary/aromatic N) is 1. The second-order valence-corrected chi connectivity index (χ2v) is 10.6. The van der Waals surface area contributed by atoms with Crippen LogP contribution in [-0.2, 0) is 19.1 Å². The van der Waals surface area contributed by atoms with E-state index in [2.05, 4.69) is 43.2 Å². The van der Waals surface area contributed by atoms with Crippen LogP contribution in [0.5, 0.6) is 0 Å². The molecule has 7 heteroatoms. The number of nitrogens with two attached hydrogens (primary N) is 1. The van der Waals surface area contributed by atoms with Crippen molar-refractivity contribution in [3.8, 4) is 0 Å². The Morgan fingerprint density at radius 2 is 1.90 bits per heavy atom. The van der Waals surface area contributed by atoms with Gasteiger partial charge in [-0.05, 0) is 43.9 Å². The first-order valence-corrected chi connectivity index (χ1v) is 12.5. The highest BCUT2D eigenvalue weighted by Crippen LogP contribution is 2.52. The molecule has 1 aliphatic carbocycles. The Morgan fingerprint density at radius 3 is 2.65 bits per heavy atom. The van der Waals surface area contributed by atoms with Crippen molar-refractivity contribution in [2.75, 3.05) is 32.8 Å². The second-order valence-electron chi connectivity index (χ2n) is 10.6. The lowest BCUT2D eigenvalue weighted by molar-refractivity contribution is -0.642. The van der Waals surface area contributed by atoms with E-state index < -0.39 is 0 Å². The molecule has 4 aliphatic rings. The molecule has 9 unspecified atom stereocenters. The Bertz CT molecular complexity index is 653. The summed E-state index contributed by atoms with van der Waals surface area (Å²) in [5.41, 5.74) is 0. The van der Waals surface area contributed by atoms with E-state index >= 15 is 0 Å². The van der Waals surface area contributed by atoms with Gasteiger partial charge < -0.3 is 20.1 Å². The topological polar surface area (TPSA) is 84.5 Å². The Morgan fingerprint density at radius 1 is 1.13 bits per heavy atom. The number of hydrogen-bond acceptors (Lipinski definition) is 5. The maximum Gasteiger partial charge on any atom is 0.309 e. The average Bonchev–Trinajstić information content (AvgIpc) is 3.35. The number of nitrogens with one attached hydrogen (secondary N) is 1. The number of carbonyl (C=O) groups excluding carboxylic acids is 2. The molecule has 0 radical (unpaired) electrons. The molecule has 7 nitrogen and oxygen atoms in total. The Hall–Kier alpha value is -1.18. The van der Waals surface area contributed by atoms with Crippen molar-refractivity contribution in [3.05, 3.63) is 0 Å². The van der Waals surface area contributed by atoms with Gasteiger partial charge in [0.2, 0.25) is 5.91 Å². The number of ether oxygens (including phenoxy) is 2. The van der Waals surface area contributed by atoms with Crippen molar-refractivity contribution >= 4 is 11.9 Å². The zero-order valence-electron chi connectivity index (χ0n) is 19.7. The van der Waals surface area contributed by atoms with Crippen molar-refractivity contribution in [2.45, 2.75) is 71.7 Å². The van der Waals surface area contributed by atoms with Gasteiger partial charge in [0, 0.05) is 31.3 Å². The highest BCUT2D eigenvalue weighted by atomic mass is 16.6. The number of rotatable bonds is 7. The standard InChI is InChI=1S/C24H41N3O4/c1-14-17(4)30-22-16(3)23-20(12-19(14)22)15(2)18(24(29)31-23)6-7-21(28)26-8-5-10-27-11-9-25-13-27/h14-20,22-23,25H,5-13H2,1-4H3,(H,26,28)/p+1. The molecule has 3 aliphatic heterocycles. The molecule has 31 heavy (non-hydrogen) atoms. The molecular formula is C24H42N3O4+. The number of esters is 1. The van der Waals surface area contributed by atoms with Crippen LogP contribution in [0.1, 0.15) is 53.4 Å². The quantitative estimate of drug-likeness (QED) is 0.459. The zero-order chi connectivity index (χ0) is 22.1. The summed E-state index contributed by atoms with van der Waals surface area (Å²) in [4.78, 5) is 27.6. The summed E-state index contributed by atoms with van der Waals surface area (Å²) < 4.78 is 12.2. The van der Waals surface area contributed by atoms with E-state index in [9.17, 15) is 9.59 Å². The molecule has 3 saturated heterocycles. The van der Waals surface area contributed by atoms with Gasteiger partial charge in [-0.15, -0.1) is 0 Å². The molecule has 3 heterocycles. The van der Waals surface area contributed by atoms with E-state index in [1.807, 2.05) is 0 Å². The minimum Gasteiger partial charge on any atom is -0.461 e.